The van der Waals surface area contributed by atoms with E-state index in [-0.39, 0.29) is 12.5 Å². The molecule has 0 unspecified atom stereocenters. The van der Waals surface area contributed by atoms with Crippen molar-refractivity contribution >= 4 is 16.9 Å². The molecule has 0 spiro atoms. The number of unbranched alkanes of at least 4 members (excludes halogenated alkanes) is 1. The first-order valence-corrected chi connectivity index (χ1v) is 8.05. The zero-order chi connectivity index (χ0) is 18.0. The summed E-state index contributed by atoms with van der Waals surface area (Å²) in [6.45, 7) is 4.24. The summed E-state index contributed by atoms with van der Waals surface area (Å²) in [6.07, 6.45) is 1.05. The van der Waals surface area contributed by atoms with E-state index >= 15 is 0 Å². The van der Waals surface area contributed by atoms with Gasteiger partial charge in [-0.1, -0.05) is 13.3 Å². The first-order valence-electron chi connectivity index (χ1n) is 8.05. The number of hydrogen-bond donors (Lipinski definition) is 2. The minimum Gasteiger partial charge on any atom is -0.392 e. The van der Waals surface area contributed by atoms with E-state index in [9.17, 15) is 19.5 Å². The Labute approximate surface area is 139 Å². The normalized spacial score (nSPS) is 12.5. The molecule has 1 amide bonds. The molecule has 2 rings (SSSR count). The summed E-state index contributed by atoms with van der Waals surface area (Å²) < 4.78 is 4.13. The van der Waals surface area contributed by atoms with Crippen LogP contribution < -0.4 is 16.6 Å². The maximum Gasteiger partial charge on any atom is 0.332 e. The summed E-state index contributed by atoms with van der Waals surface area (Å²) in [5.74, 6) is -0.377. The van der Waals surface area contributed by atoms with Crippen LogP contribution in [0.1, 0.15) is 37.2 Å². The molecule has 0 aliphatic heterocycles. The molecule has 2 heterocycles. The standard InChI is InChI=1S/C16H24N4O4/c1-5-6-7-20-12(13(22)17-9-10(2)21)8-11-14(20)18(3)16(24)19(4)15(11)23/h8,10,21H,5-7,9H2,1-4H3,(H,17,22)/t10-/m0/s1. The Morgan fingerprint density at radius 2 is 1.96 bits per heavy atom. The molecule has 1 atom stereocenters. The highest BCUT2D eigenvalue weighted by Gasteiger charge is 2.21. The van der Waals surface area contributed by atoms with Crippen LogP contribution in [0.5, 0.6) is 0 Å². The largest absolute Gasteiger partial charge is 0.392 e. The van der Waals surface area contributed by atoms with Gasteiger partial charge in [0.2, 0.25) is 0 Å². The van der Waals surface area contributed by atoms with E-state index in [1.165, 1.54) is 17.7 Å². The second kappa shape index (κ2) is 7.04. The van der Waals surface area contributed by atoms with Crippen LogP contribution in [-0.4, -0.2) is 37.4 Å². The van der Waals surface area contributed by atoms with Gasteiger partial charge in [-0.05, 0) is 19.4 Å². The number of aromatic nitrogens is 3. The lowest BCUT2D eigenvalue weighted by Gasteiger charge is -2.13. The number of aryl methyl sites for hydroxylation is 2. The Morgan fingerprint density at radius 1 is 1.29 bits per heavy atom. The minimum absolute atomic E-state index is 0.116. The van der Waals surface area contributed by atoms with E-state index in [4.69, 9.17) is 0 Å². The van der Waals surface area contributed by atoms with Crippen molar-refractivity contribution in [1.82, 2.24) is 19.0 Å². The molecular weight excluding hydrogens is 312 g/mol. The molecule has 0 aliphatic rings. The highest BCUT2D eigenvalue weighted by atomic mass is 16.3. The van der Waals surface area contributed by atoms with Crippen molar-refractivity contribution in [3.63, 3.8) is 0 Å². The maximum absolute atomic E-state index is 12.5. The molecule has 2 aromatic heterocycles. The summed E-state index contributed by atoms with van der Waals surface area (Å²) in [6, 6.07) is 1.52. The summed E-state index contributed by atoms with van der Waals surface area (Å²) in [5, 5.41) is 12.3. The van der Waals surface area contributed by atoms with Crippen molar-refractivity contribution in [2.45, 2.75) is 39.3 Å². The fourth-order valence-corrected chi connectivity index (χ4v) is 2.70. The van der Waals surface area contributed by atoms with Crippen LogP contribution >= 0.6 is 0 Å². The molecule has 132 valence electrons. The fourth-order valence-electron chi connectivity index (χ4n) is 2.70. The number of aliphatic hydroxyl groups is 1. The first kappa shape index (κ1) is 18.0. The number of amides is 1. The maximum atomic E-state index is 12.5. The van der Waals surface area contributed by atoms with Crippen LogP contribution in [0, 0.1) is 0 Å². The van der Waals surface area contributed by atoms with Gasteiger partial charge in [0.15, 0.2) is 0 Å². The van der Waals surface area contributed by atoms with Crippen molar-refractivity contribution in [2.24, 2.45) is 14.1 Å². The lowest BCUT2D eigenvalue weighted by Crippen LogP contribution is -2.37. The van der Waals surface area contributed by atoms with E-state index in [2.05, 4.69) is 5.32 Å². The van der Waals surface area contributed by atoms with Gasteiger partial charge in [0.1, 0.15) is 11.3 Å². The highest BCUT2D eigenvalue weighted by Crippen LogP contribution is 2.17. The lowest BCUT2D eigenvalue weighted by molar-refractivity contribution is 0.0915. The quantitative estimate of drug-likeness (QED) is 0.773. The van der Waals surface area contributed by atoms with Crippen molar-refractivity contribution in [3.05, 3.63) is 32.6 Å². The Hall–Kier alpha value is -2.35. The van der Waals surface area contributed by atoms with E-state index in [1.54, 1.807) is 18.5 Å². The number of aliphatic hydroxyl groups excluding tert-OH is 1. The number of hydrogen-bond acceptors (Lipinski definition) is 4. The molecule has 2 aromatic rings. The molecule has 8 nitrogen and oxygen atoms in total. The number of carbonyl (C=O) groups excluding carboxylic acids is 1. The molecule has 0 saturated heterocycles. The van der Waals surface area contributed by atoms with Crippen LogP contribution in [0.2, 0.25) is 0 Å². The van der Waals surface area contributed by atoms with Crippen molar-refractivity contribution < 1.29 is 9.90 Å². The van der Waals surface area contributed by atoms with E-state index < -0.39 is 17.4 Å². The molecule has 0 radical (unpaired) electrons. The van der Waals surface area contributed by atoms with Crippen LogP contribution in [0.15, 0.2) is 15.7 Å². The molecule has 0 saturated carbocycles. The third-order valence-corrected chi connectivity index (χ3v) is 4.02. The van der Waals surface area contributed by atoms with Gasteiger partial charge < -0.3 is 15.0 Å². The van der Waals surface area contributed by atoms with Gasteiger partial charge in [-0.15, -0.1) is 0 Å². The Balaban J connectivity index is 2.68. The van der Waals surface area contributed by atoms with Crippen LogP contribution in [0.3, 0.4) is 0 Å². The summed E-state index contributed by atoms with van der Waals surface area (Å²) in [5.41, 5.74) is -0.0941. The topological polar surface area (TPSA) is 98.3 Å². The van der Waals surface area contributed by atoms with Crippen LogP contribution in [-0.2, 0) is 20.6 Å². The summed E-state index contributed by atoms with van der Waals surface area (Å²) in [4.78, 5) is 37.1. The molecular formula is C16H24N4O4. The molecule has 0 aliphatic carbocycles. The molecule has 0 bridgehead atoms. The lowest BCUT2D eigenvalue weighted by atomic mass is 10.3. The number of nitrogens with zero attached hydrogens (tertiary/aromatic N) is 3. The molecule has 2 N–H and O–H groups in total. The van der Waals surface area contributed by atoms with Gasteiger partial charge >= 0.3 is 5.69 Å². The van der Waals surface area contributed by atoms with Crippen molar-refractivity contribution in [1.29, 1.82) is 0 Å². The second-order valence-corrected chi connectivity index (χ2v) is 6.04. The number of rotatable bonds is 6. The number of fused-ring (bicyclic) bond motifs is 1. The van der Waals surface area contributed by atoms with Crippen LogP contribution in [0.4, 0.5) is 0 Å². The van der Waals surface area contributed by atoms with Crippen molar-refractivity contribution in [3.8, 4) is 0 Å². The van der Waals surface area contributed by atoms with Gasteiger partial charge in [-0.2, -0.15) is 0 Å². The highest BCUT2D eigenvalue weighted by molar-refractivity contribution is 5.97. The smallest absolute Gasteiger partial charge is 0.332 e. The van der Waals surface area contributed by atoms with Crippen LogP contribution in [0.25, 0.3) is 11.0 Å². The zero-order valence-electron chi connectivity index (χ0n) is 14.5. The third kappa shape index (κ3) is 3.14. The Morgan fingerprint density at radius 3 is 2.54 bits per heavy atom. The third-order valence-electron chi connectivity index (χ3n) is 4.02. The minimum atomic E-state index is -0.667. The monoisotopic (exact) mass is 336 g/mol. The molecule has 24 heavy (non-hydrogen) atoms. The van der Waals surface area contributed by atoms with Gasteiger partial charge in [0.25, 0.3) is 11.5 Å². The second-order valence-electron chi connectivity index (χ2n) is 6.04. The number of nitrogens with one attached hydrogen (secondary N) is 1. The molecule has 0 fully saturated rings. The zero-order valence-corrected chi connectivity index (χ0v) is 14.5. The summed E-state index contributed by atoms with van der Waals surface area (Å²) >= 11 is 0. The van der Waals surface area contributed by atoms with Gasteiger partial charge in [-0.25, -0.2) is 4.79 Å². The first-order chi connectivity index (χ1) is 11.3. The van der Waals surface area contributed by atoms with Gasteiger partial charge in [0, 0.05) is 27.2 Å². The predicted molar refractivity (Wildman–Crippen MR) is 91.3 cm³/mol. The van der Waals surface area contributed by atoms with E-state index in [0.717, 1.165) is 17.4 Å². The van der Waals surface area contributed by atoms with E-state index in [0.29, 0.717) is 23.3 Å². The molecule has 0 aromatic carbocycles. The van der Waals surface area contributed by atoms with Crippen molar-refractivity contribution in [2.75, 3.05) is 6.54 Å². The Kier molecular flexibility index (Phi) is 5.28. The van der Waals surface area contributed by atoms with Gasteiger partial charge in [0.05, 0.1) is 11.5 Å². The van der Waals surface area contributed by atoms with Gasteiger partial charge in [-0.3, -0.25) is 18.7 Å². The molecule has 8 heteroatoms. The Bertz CT molecular complexity index is 873. The predicted octanol–water partition coefficient (Wildman–Crippen LogP) is -0.0506. The SMILES string of the molecule is CCCCn1c(C(=O)NC[C@H](C)O)cc2c(=O)n(C)c(=O)n(C)c21. The fraction of sp³-hybridized carbons (Fsp3) is 0.562. The van der Waals surface area contributed by atoms with E-state index in [1.807, 2.05) is 6.92 Å². The average Bonchev–Trinajstić information content (AvgIpc) is 2.93. The summed E-state index contributed by atoms with van der Waals surface area (Å²) in [7, 11) is 3.00. The number of carbonyl (C=O) groups is 1. The average molecular weight is 336 g/mol.